The van der Waals surface area contributed by atoms with Crippen molar-refractivity contribution < 1.29 is 24.2 Å². The van der Waals surface area contributed by atoms with Crippen molar-refractivity contribution >= 4 is 34.2 Å². The van der Waals surface area contributed by atoms with Crippen molar-refractivity contribution in [2.24, 2.45) is 0 Å². The van der Waals surface area contributed by atoms with Crippen LogP contribution >= 0.6 is 0 Å². The highest BCUT2D eigenvalue weighted by atomic mass is 16.6. The molecule has 0 aliphatic rings. The first-order valence-electron chi connectivity index (χ1n) is 12.3. The number of nitrogens with zero attached hydrogens (tertiary/aromatic N) is 2. The van der Waals surface area contributed by atoms with E-state index in [1.165, 1.54) is 0 Å². The number of nitrogens with one attached hydrogen (secondary N) is 2. The standard InChI is InChI=1S/C26H30N4O7/c1-2-3-4-5-6-9-12-37-26(32)24(15-19-17-27-23-11-8-7-10-22(19)23)28-25(31)18-13-20(29(33)34)16-21(14-18)30(35)36/h7-8,10-11,13-14,16-17,24,27H,2-6,9,12,15H2,1H3,(H,28,31). The summed E-state index contributed by atoms with van der Waals surface area (Å²) in [6, 6.07) is 9.02. The third-order valence-corrected chi connectivity index (χ3v) is 6.02. The molecule has 0 bridgehead atoms. The Labute approximate surface area is 213 Å². The lowest BCUT2D eigenvalue weighted by molar-refractivity contribution is -0.394. The summed E-state index contributed by atoms with van der Waals surface area (Å²) >= 11 is 0. The third kappa shape index (κ3) is 7.60. The predicted molar refractivity (Wildman–Crippen MR) is 137 cm³/mol. The number of H-pyrrole nitrogens is 1. The molecule has 2 aromatic carbocycles. The van der Waals surface area contributed by atoms with E-state index in [0.717, 1.165) is 66.8 Å². The molecule has 196 valence electrons. The number of esters is 1. The monoisotopic (exact) mass is 510 g/mol. The fourth-order valence-electron chi connectivity index (χ4n) is 4.05. The average molecular weight is 511 g/mol. The minimum absolute atomic E-state index is 0.0993. The second-order valence-electron chi connectivity index (χ2n) is 8.78. The maximum Gasteiger partial charge on any atom is 0.328 e. The molecule has 0 radical (unpaired) electrons. The van der Waals surface area contributed by atoms with E-state index in [-0.39, 0.29) is 18.6 Å². The molecular formula is C26H30N4O7. The number of fused-ring (bicyclic) bond motifs is 1. The first-order valence-corrected chi connectivity index (χ1v) is 12.3. The Morgan fingerprint density at radius 2 is 1.62 bits per heavy atom. The smallest absolute Gasteiger partial charge is 0.328 e. The second-order valence-corrected chi connectivity index (χ2v) is 8.78. The highest BCUT2D eigenvalue weighted by Gasteiger charge is 2.27. The summed E-state index contributed by atoms with van der Waals surface area (Å²) in [6.07, 6.45) is 7.92. The van der Waals surface area contributed by atoms with Crippen LogP contribution < -0.4 is 5.32 Å². The molecule has 2 N–H and O–H groups in total. The molecule has 0 saturated carbocycles. The van der Waals surface area contributed by atoms with Gasteiger partial charge in [-0.25, -0.2) is 4.79 Å². The summed E-state index contributed by atoms with van der Waals surface area (Å²) in [5.74, 6) is -1.50. The summed E-state index contributed by atoms with van der Waals surface area (Å²) in [7, 11) is 0. The van der Waals surface area contributed by atoms with E-state index < -0.39 is 39.1 Å². The Kier molecular flexibility index (Phi) is 9.70. The molecule has 11 heteroatoms. The second kappa shape index (κ2) is 13.1. The van der Waals surface area contributed by atoms with Gasteiger partial charge in [-0.15, -0.1) is 0 Å². The van der Waals surface area contributed by atoms with Crippen LogP contribution in [0.5, 0.6) is 0 Å². The SMILES string of the molecule is CCCCCCCCOC(=O)C(Cc1c[nH]c2ccccc12)NC(=O)c1cc([N+](=O)[O-])cc([N+](=O)[O-])c1. The van der Waals surface area contributed by atoms with Crippen molar-refractivity contribution in [1.82, 2.24) is 10.3 Å². The van der Waals surface area contributed by atoms with Crippen molar-refractivity contribution in [3.63, 3.8) is 0 Å². The first kappa shape index (κ1) is 27.3. The summed E-state index contributed by atoms with van der Waals surface area (Å²) < 4.78 is 5.45. The number of carbonyl (C=O) groups is 2. The fourth-order valence-corrected chi connectivity index (χ4v) is 4.05. The molecule has 11 nitrogen and oxygen atoms in total. The zero-order valence-corrected chi connectivity index (χ0v) is 20.6. The van der Waals surface area contributed by atoms with Crippen LogP contribution in [0.4, 0.5) is 11.4 Å². The minimum Gasteiger partial charge on any atom is -0.464 e. The van der Waals surface area contributed by atoms with Gasteiger partial charge in [-0.05, 0) is 18.1 Å². The molecule has 0 aliphatic carbocycles. The van der Waals surface area contributed by atoms with Crippen LogP contribution in [0.3, 0.4) is 0 Å². The largest absolute Gasteiger partial charge is 0.464 e. The van der Waals surface area contributed by atoms with Crippen molar-refractivity contribution in [1.29, 1.82) is 0 Å². The number of rotatable bonds is 14. The number of para-hydroxylation sites is 1. The lowest BCUT2D eigenvalue weighted by Gasteiger charge is -2.18. The van der Waals surface area contributed by atoms with E-state index in [0.29, 0.717) is 6.42 Å². The van der Waals surface area contributed by atoms with Gasteiger partial charge in [0.05, 0.1) is 28.1 Å². The number of benzene rings is 2. The normalized spacial score (nSPS) is 11.7. The summed E-state index contributed by atoms with van der Waals surface area (Å²) in [6.45, 7) is 2.34. The number of non-ortho nitro benzene ring substituents is 2. The minimum atomic E-state index is -1.11. The zero-order valence-electron chi connectivity index (χ0n) is 20.6. The number of unbranched alkanes of at least 4 members (excludes halogenated alkanes) is 5. The van der Waals surface area contributed by atoms with E-state index in [1.54, 1.807) is 6.20 Å². The van der Waals surface area contributed by atoms with Gasteiger partial charge in [0.25, 0.3) is 17.3 Å². The number of hydrogen-bond donors (Lipinski definition) is 2. The number of aromatic amines is 1. The van der Waals surface area contributed by atoms with Gasteiger partial charge in [0.1, 0.15) is 6.04 Å². The number of hydrogen-bond acceptors (Lipinski definition) is 7. The fraction of sp³-hybridized carbons (Fsp3) is 0.385. The molecule has 1 atom stereocenters. The van der Waals surface area contributed by atoms with Gasteiger partial charge in [0.15, 0.2) is 0 Å². The van der Waals surface area contributed by atoms with Gasteiger partial charge in [-0.1, -0.05) is 57.2 Å². The number of carbonyl (C=O) groups excluding carboxylic acids is 2. The third-order valence-electron chi connectivity index (χ3n) is 6.02. The van der Waals surface area contributed by atoms with Crippen molar-refractivity contribution in [2.45, 2.75) is 57.9 Å². The van der Waals surface area contributed by atoms with Crippen LogP contribution in [0, 0.1) is 20.2 Å². The van der Waals surface area contributed by atoms with Gasteiger partial charge in [-0.2, -0.15) is 0 Å². The van der Waals surface area contributed by atoms with Crippen LogP contribution in [0.1, 0.15) is 61.4 Å². The Balaban J connectivity index is 1.77. The topological polar surface area (TPSA) is 157 Å². The maximum atomic E-state index is 13.0. The molecular weight excluding hydrogens is 480 g/mol. The van der Waals surface area contributed by atoms with Gasteiger partial charge in [-0.3, -0.25) is 25.0 Å². The van der Waals surface area contributed by atoms with Gasteiger partial charge in [0.2, 0.25) is 0 Å². The lowest BCUT2D eigenvalue weighted by atomic mass is 10.0. The molecule has 37 heavy (non-hydrogen) atoms. The average Bonchev–Trinajstić information content (AvgIpc) is 3.30. The summed E-state index contributed by atoms with van der Waals surface area (Å²) in [5.41, 5.74) is 0.129. The number of nitro groups is 2. The van der Waals surface area contributed by atoms with Crippen LogP contribution in [0.15, 0.2) is 48.7 Å². The van der Waals surface area contributed by atoms with Crippen molar-refractivity contribution in [2.75, 3.05) is 6.61 Å². The highest BCUT2D eigenvalue weighted by molar-refractivity contribution is 5.98. The molecule has 0 spiro atoms. The highest BCUT2D eigenvalue weighted by Crippen LogP contribution is 2.24. The molecule has 3 rings (SSSR count). The van der Waals surface area contributed by atoms with E-state index in [4.69, 9.17) is 4.74 Å². The Hall–Kier alpha value is -4.28. The molecule has 3 aromatic rings. The zero-order chi connectivity index (χ0) is 26.8. The predicted octanol–water partition coefficient (Wildman–Crippen LogP) is 5.23. The molecule has 0 aliphatic heterocycles. The number of aromatic nitrogens is 1. The summed E-state index contributed by atoms with van der Waals surface area (Å²) in [4.78, 5) is 49.9. The Bertz CT molecular complexity index is 1240. The maximum absolute atomic E-state index is 13.0. The number of ether oxygens (including phenoxy) is 1. The molecule has 0 fully saturated rings. The molecule has 1 amide bonds. The number of amides is 1. The van der Waals surface area contributed by atoms with Crippen LogP contribution in [0.2, 0.25) is 0 Å². The van der Waals surface area contributed by atoms with Crippen molar-refractivity contribution in [3.8, 4) is 0 Å². The van der Waals surface area contributed by atoms with E-state index in [1.807, 2.05) is 24.3 Å². The molecule has 1 unspecified atom stereocenters. The van der Waals surface area contributed by atoms with Gasteiger partial charge in [0, 0.05) is 35.7 Å². The van der Waals surface area contributed by atoms with E-state index in [2.05, 4.69) is 17.2 Å². The van der Waals surface area contributed by atoms with Crippen LogP contribution in [0.25, 0.3) is 10.9 Å². The van der Waals surface area contributed by atoms with Crippen LogP contribution in [-0.2, 0) is 16.0 Å². The quantitative estimate of drug-likeness (QED) is 0.130. The van der Waals surface area contributed by atoms with E-state index in [9.17, 15) is 29.8 Å². The summed E-state index contributed by atoms with van der Waals surface area (Å²) in [5, 5.41) is 25.9. The number of nitro benzene ring substituents is 2. The van der Waals surface area contributed by atoms with Crippen LogP contribution in [-0.4, -0.2) is 39.4 Å². The first-order chi connectivity index (χ1) is 17.8. The van der Waals surface area contributed by atoms with Gasteiger partial charge >= 0.3 is 5.97 Å². The molecule has 0 saturated heterocycles. The van der Waals surface area contributed by atoms with Gasteiger partial charge < -0.3 is 15.0 Å². The lowest BCUT2D eigenvalue weighted by Crippen LogP contribution is -2.43. The Morgan fingerprint density at radius 1 is 0.973 bits per heavy atom. The molecule has 1 aromatic heterocycles. The van der Waals surface area contributed by atoms with Crippen molar-refractivity contribution in [3.05, 3.63) is 80.0 Å². The Morgan fingerprint density at radius 3 is 2.30 bits per heavy atom. The molecule has 1 heterocycles. The van der Waals surface area contributed by atoms with E-state index >= 15 is 0 Å².